The Morgan fingerprint density at radius 2 is 1.88 bits per heavy atom. The number of hydrogen-bond acceptors (Lipinski definition) is 3. The van der Waals surface area contributed by atoms with Crippen LogP contribution < -0.4 is 0 Å². The molecule has 7 heteroatoms. The minimum atomic E-state index is -2.38. The van der Waals surface area contributed by atoms with Gasteiger partial charge in [-0.3, -0.25) is 9.78 Å². The number of aromatic nitrogens is 1. The standard InChI is InChI=1S/C17H18F2N2O3/c18-11-2-3-12(20-8-11)16(6-7-16)13(22)21-9-15(4-1-5-15)17(19,10-21)14(23)24/h2-3,8H,1,4-7,9-10H2,(H,23,24). The number of hydrogen-bond donors (Lipinski definition) is 1. The van der Waals surface area contributed by atoms with E-state index in [1.807, 2.05) is 0 Å². The van der Waals surface area contributed by atoms with Crippen molar-refractivity contribution in [2.24, 2.45) is 5.41 Å². The van der Waals surface area contributed by atoms with Crippen molar-refractivity contribution in [3.05, 3.63) is 29.8 Å². The zero-order valence-corrected chi connectivity index (χ0v) is 13.1. The molecule has 0 radical (unpaired) electrons. The quantitative estimate of drug-likeness (QED) is 0.917. The SMILES string of the molecule is O=C(N1CC2(CCC2)C(F)(C(=O)O)C1)C1(c2ccc(F)cn2)CC1. The second-order valence-corrected chi connectivity index (χ2v) is 7.35. The van der Waals surface area contributed by atoms with E-state index in [9.17, 15) is 19.1 Å². The summed E-state index contributed by atoms with van der Waals surface area (Å²) >= 11 is 0. The van der Waals surface area contributed by atoms with Gasteiger partial charge in [0.1, 0.15) is 5.82 Å². The van der Waals surface area contributed by atoms with Crippen LogP contribution in [0, 0.1) is 11.2 Å². The highest BCUT2D eigenvalue weighted by atomic mass is 19.1. The molecule has 128 valence electrons. The lowest BCUT2D eigenvalue weighted by atomic mass is 9.61. The van der Waals surface area contributed by atoms with E-state index in [4.69, 9.17) is 0 Å². The highest BCUT2D eigenvalue weighted by Crippen LogP contribution is 2.58. The molecule has 0 aromatic carbocycles. The second kappa shape index (κ2) is 4.74. The van der Waals surface area contributed by atoms with Gasteiger partial charge in [0.2, 0.25) is 11.6 Å². The van der Waals surface area contributed by atoms with E-state index in [-0.39, 0.29) is 12.5 Å². The normalized spacial score (nSPS) is 29.3. The molecular weight excluding hydrogens is 318 g/mol. The minimum Gasteiger partial charge on any atom is -0.479 e. The predicted molar refractivity (Wildman–Crippen MR) is 79.4 cm³/mol. The molecule has 1 aromatic rings. The van der Waals surface area contributed by atoms with Crippen LogP contribution in [0.4, 0.5) is 8.78 Å². The van der Waals surface area contributed by atoms with Crippen molar-refractivity contribution in [1.29, 1.82) is 0 Å². The zero-order chi connectivity index (χ0) is 17.2. The van der Waals surface area contributed by atoms with E-state index in [2.05, 4.69) is 4.98 Å². The molecule has 1 N–H and O–H groups in total. The van der Waals surface area contributed by atoms with Crippen molar-refractivity contribution in [2.45, 2.75) is 43.2 Å². The third kappa shape index (κ3) is 1.87. The number of nitrogens with zero attached hydrogens (tertiary/aromatic N) is 2. The molecule has 1 aliphatic heterocycles. The lowest BCUT2D eigenvalue weighted by Crippen LogP contribution is -2.53. The third-order valence-electron chi connectivity index (χ3n) is 6.06. The van der Waals surface area contributed by atoms with Gasteiger partial charge < -0.3 is 10.0 Å². The number of likely N-dealkylation sites (tertiary alicyclic amines) is 1. The fourth-order valence-corrected chi connectivity index (χ4v) is 4.24. The lowest BCUT2D eigenvalue weighted by molar-refractivity contribution is -0.162. The molecule has 0 bridgehead atoms. The molecule has 24 heavy (non-hydrogen) atoms. The highest BCUT2D eigenvalue weighted by Gasteiger charge is 2.68. The van der Waals surface area contributed by atoms with E-state index in [1.165, 1.54) is 17.0 Å². The number of alkyl halides is 1. The van der Waals surface area contributed by atoms with E-state index < -0.39 is 34.8 Å². The first-order chi connectivity index (χ1) is 11.3. The Bertz CT molecular complexity index is 713. The van der Waals surface area contributed by atoms with E-state index in [1.54, 1.807) is 0 Å². The van der Waals surface area contributed by atoms with Gasteiger partial charge in [-0.1, -0.05) is 6.42 Å². The van der Waals surface area contributed by atoms with Gasteiger partial charge in [0.05, 0.1) is 23.9 Å². The summed E-state index contributed by atoms with van der Waals surface area (Å²) < 4.78 is 28.2. The molecular formula is C17H18F2N2O3. The van der Waals surface area contributed by atoms with Crippen LogP contribution in [-0.4, -0.2) is 45.6 Å². The predicted octanol–water partition coefficient (Wildman–Crippen LogP) is 2.06. The Morgan fingerprint density at radius 1 is 1.17 bits per heavy atom. The fraction of sp³-hybridized carbons (Fsp3) is 0.588. The average molecular weight is 336 g/mol. The summed E-state index contributed by atoms with van der Waals surface area (Å²) in [6.45, 7) is -0.276. The number of rotatable bonds is 3. The Labute approximate surface area is 137 Å². The summed E-state index contributed by atoms with van der Waals surface area (Å²) in [7, 11) is 0. The number of carboxylic acid groups (broad SMARTS) is 1. The van der Waals surface area contributed by atoms with Crippen molar-refractivity contribution < 1.29 is 23.5 Å². The molecule has 2 aliphatic carbocycles. The van der Waals surface area contributed by atoms with Crippen LogP contribution in [0.2, 0.25) is 0 Å². The first-order valence-electron chi connectivity index (χ1n) is 8.17. The largest absolute Gasteiger partial charge is 0.479 e. The topological polar surface area (TPSA) is 70.5 Å². The molecule has 1 saturated heterocycles. The number of pyridine rings is 1. The zero-order valence-electron chi connectivity index (χ0n) is 13.1. The van der Waals surface area contributed by atoms with Crippen LogP contribution >= 0.6 is 0 Å². The van der Waals surface area contributed by atoms with Gasteiger partial charge in [0, 0.05) is 12.0 Å². The van der Waals surface area contributed by atoms with Crippen molar-refractivity contribution >= 4 is 11.9 Å². The summed E-state index contributed by atoms with van der Waals surface area (Å²) in [5.41, 5.74) is -3.71. The molecule has 2 heterocycles. The molecule has 1 unspecified atom stereocenters. The summed E-state index contributed by atoms with van der Waals surface area (Å²) in [4.78, 5) is 29.9. The number of aliphatic carboxylic acids is 1. The first-order valence-corrected chi connectivity index (χ1v) is 8.17. The smallest absolute Gasteiger partial charge is 0.344 e. The van der Waals surface area contributed by atoms with Crippen LogP contribution in [0.1, 0.15) is 37.8 Å². The number of carbonyl (C=O) groups excluding carboxylic acids is 1. The van der Waals surface area contributed by atoms with Crippen LogP contribution in [0.15, 0.2) is 18.3 Å². The molecule has 3 aliphatic rings. The van der Waals surface area contributed by atoms with Gasteiger partial charge in [0.25, 0.3) is 0 Å². The number of amides is 1. The molecule has 1 amide bonds. The van der Waals surface area contributed by atoms with Gasteiger partial charge in [-0.05, 0) is 37.8 Å². The van der Waals surface area contributed by atoms with Crippen LogP contribution in [-0.2, 0) is 15.0 Å². The van der Waals surface area contributed by atoms with Crippen molar-refractivity contribution in [1.82, 2.24) is 9.88 Å². The van der Waals surface area contributed by atoms with Crippen LogP contribution in [0.5, 0.6) is 0 Å². The van der Waals surface area contributed by atoms with Gasteiger partial charge in [-0.15, -0.1) is 0 Å². The van der Waals surface area contributed by atoms with Gasteiger partial charge >= 0.3 is 5.97 Å². The van der Waals surface area contributed by atoms with Gasteiger partial charge in [-0.2, -0.15) is 0 Å². The molecule has 5 nitrogen and oxygen atoms in total. The van der Waals surface area contributed by atoms with E-state index in [0.29, 0.717) is 31.4 Å². The molecule has 1 aromatic heterocycles. The van der Waals surface area contributed by atoms with E-state index >= 15 is 4.39 Å². The maximum Gasteiger partial charge on any atom is 0.344 e. The maximum atomic E-state index is 15.2. The Balaban J connectivity index is 1.62. The first kappa shape index (κ1) is 15.5. The minimum absolute atomic E-state index is 0.136. The van der Waals surface area contributed by atoms with E-state index in [0.717, 1.165) is 12.6 Å². The highest BCUT2D eigenvalue weighted by molar-refractivity contribution is 5.92. The molecule has 3 fully saturated rings. The fourth-order valence-electron chi connectivity index (χ4n) is 4.24. The lowest BCUT2D eigenvalue weighted by Gasteiger charge is -2.43. The maximum absolute atomic E-state index is 15.2. The van der Waals surface area contributed by atoms with Crippen molar-refractivity contribution in [2.75, 3.05) is 13.1 Å². The molecule has 1 atom stereocenters. The summed E-state index contributed by atoms with van der Waals surface area (Å²) in [5, 5.41) is 9.37. The monoisotopic (exact) mass is 336 g/mol. The Morgan fingerprint density at radius 3 is 2.29 bits per heavy atom. The Kier molecular flexibility index (Phi) is 3.06. The van der Waals surface area contributed by atoms with Crippen molar-refractivity contribution in [3.8, 4) is 0 Å². The number of halogens is 2. The van der Waals surface area contributed by atoms with Crippen LogP contribution in [0.3, 0.4) is 0 Å². The Hall–Kier alpha value is -2.05. The molecule has 2 saturated carbocycles. The van der Waals surface area contributed by atoms with Gasteiger partial charge in [0.15, 0.2) is 0 Å². The summed E-state index contributed by atoms with van der Waals surface area (Å²) in [5.74, 6) is -2.25. The summed E-state index contributed by atoms with van der Waals surface area (Å²) in [6, 6.07) is 2.74. The second-order valence-electron chi connectivity index (χ2n) is 7.35. The van der Waals surface area contributed by atoms with Crippen LogP contribution in [0.25, 0.3) is 0 Å². The van der Waals surface area contributed by atoms with Crippen molar-refractivity contribution in [3.63, 3.8) is 0 Å². The molecule has 4 rings (SSSR count). The number of carbonyl (C=O) groups is 2. The molecule has 1 spiro atoms. The number of carboxylic acids is 1. The third-order valence-corrected chi connectivity index (χ3v) is 6.06. The summed E-state index contributed by atoms with van der Waals surface area (Å²) in [6.07, 6.45) is 3.96. The average Bonchev–Trinajstić information content (AvgIpc) is 3.24. The van der Waals surface area contributed by atoms with Gasteiger partial charge in [-0.25, -0.2) is 13.6 Å².